The highest BCUT2D eigenvalue weighted by atomic mass is 16.1. The van der Waals surface area contributed by atoms with E-state index in [1.807, 2.05) is 45.9 Å². The SMILES string of the molecule is CC.CC1(C)C=Cc2[nH]cnc2C(C(N)=O)=C1. The fraction of sp³-hybridized carbons (Fsp3) is 0.385. The van der Waals surface area contributed by atoms with Crippen molar-refractivity contribution in [3.63, 3.8) is 0 Å². The van der Waals surface area contributed by atoms with E-state index in [1.165, 1.54) is 0 Å². The topological polar surface area (TPSA) is 71.8 Å². The molecular formula is C13H19N3O. The van der Waals surface area contributed by atoms with Crippen LogP contribution in [0.3, 0.4) is 0 Å². The maximum absolute atomic E-state index is 11.3. The van der Waals surface area contributed by atoms with Gasteiger partial charge < -0.3 is 10.7 Å². The number of amides is 1. The Kier molecular flexibility index (Phi) is 3.89. The lowest BCUT2D eigenvalue weighted by atomic mass is 9.91. The van der Waals surface area contributed by atoms with Crippen molar-refractivity contribution in [1.29, 1.82) is 0 Å². The Morgan fingerprint density at radius 2 is 2.06 bits per heavy atom. The van der Waals surface area contributed by atoms with E-state index in [-0.39, 0.29) is 5.41 Å². The maximum Gasteiger partial charge on any atom is 0.250 e. The molecule has 0 bridgehead atoms. The van der Waals surface area contributed by atoms with Gasteiger partial charge in [0.05, 0.1) is 17.6 Å². The Bertz CT molecular complexity index is 467. The molecule has 0 fully saturated rings. The molecule has 1 aliphatic carbocycles. The van der Waals surface area contributed by atoms with E-state index in [9.17, 15) is 4.79 Å². The highest BCUT2D eigenvalue weighted by molar-refractivity contribution is 6.19. The molecule has 0 saturated carbocycles. The second kappa shape index (κ2) is 4.99. The summed E-state index contributed by atoms with van der Waals surface area (Å²) in [4.78, 5) is 18.4. The fourth-order valence-corrected chi connectivity index (χ4v) is 1.62. The van der Waals surface area contributed by atoms with Crippen molar-refractivity contribution in [2.24, 2.45) is 11.1 Å². The molecule has 4 heteroatoms. The van der Waals surface area contributed by atoms with E-state index in [2.05, 4.69) is 9.97 Å². The predicted octanol–water partition coefficient (Wildman–Crippen LogP) is 2.36. The van der Waals surface area contributed by atoms with Crippen LogP contribution in [0.15, 0.2) is 18.5 Å². The van der Waals surface area contributed by atoms with Gasteiger partial charge in [0.15, 0.2) is 0 Å². The van der Waals surface area contributed by atoms with E-state index in [4.69, 9.17) is 5.73 Å². The first-order valence-corrected chi connectivity index (χ1v) is 5.75. The number of hydrogen-bond acceptors (Lipinski definition) is 2. The Morgan fingerprint density at radius 3 is 2.65 bits per heavy atom. The number of imidazole rings is 1. The van der Waals surface area contributed by atoms with Crippen LogP contribution < -0.4 is 5.73 Å². The molecule has 92 valence electrons. The van der Waals surface area contributed by atoms with Gasteiger partial charge in [-0.3, -0.25) is 4.79 Å². The number of fused-ring (bicyclic) bond motifs is 1. The van der Waals surface area contributed by atoms with Gasteiger partial charge in [-0.25, -0.2) is 4.98 Å². The molecule has 1 aromatic heterocycles. The summed E-state index contributed by atoms with van der Waals surface area (Å²) in [5.74, 6) is -0.444. The van der Waals surface area contributed by atoms with Gasteiger partial charge in [0.2, 0.25) is 0 Å². The molecule has 3 N–H and O–H groups in total. The van der Waals surface area contributed by atoms with Crippen LogP contribution in [0, 0.1) is 5.41 Å². The quantitative estimate of drug-likeness (QED) is 0.781. The van der Waals surface area contributed by atoms with Crippen molar-refractivity contribution < 1.29 is 4.79 Å². The highest BCUT2D eigenvalue weighted by Crippen LogP contribution is 2.30. The van der Waals surface area contributed by atoms with Crippen LogP contribution in [-0.2, 0) is 4.79 Å². The average molecular weight is 233 g/mol. The largest absolute Gasteiger partial charge is 0.366 e. The second-order valence-corrected chi connectivity index (χ2v) is 4.24. The number of primary amides is 1. The van der Waals surface area contributed by atoms with E-state index in [0.29, 0.717) is 11.3 Å². The lowest BCUT2D eigenvalue weighted by Gasteiger charge is -2.14. The molecule has 0 atom stereocenters. The van der Waals surface area contributed by atoms with Crippen LogP contribution >= 0.6 is 0 Å². The number of carbonyl (C=O) groups is 1. The Labute approximate surface area is 102 Å². The monoisotopic (exact) mass is 233 g/mol. The summed E-state index contributed by atoms with van der Waals surface area (Å²) in [6.45, 7) is 8.02. The molecule has 0 aromatic carbocycles. The molecule has 17 heavy (non-hydrogen) atoms. The first-order valence-electron chi connectivity index (χ1n) is 5.75. The van der Waals surface area contributed by atoms with Crippen molar-refractivity contribution in [2.75, 3.05) is 0 Å². The summed E-state index contributed by atoms with van der Waals surface area (Å²) in [6.07, 6.45) is 7.34. The molecule has 4 nitrogen and oxygen atoms in total. The minimum atomic E-state index is -0.444. The molecule has 0 spiro atoms. The first kappa shape index (κ1) is 13.2. The van der Waals surface area contributed by atoms with E-state index in [1.54, 1.807) is 6.33 Å². The first-order chi connectivity index (χ1) is 7.99. The minimum Gasteiger partial charge on any atom is -0.366 e. The predicted molar refractivity (Wildman–Crippen MR) is 69.9 cm³/mol. The van der Waals surface area contributed by atoms with E-state index < -0.39 is 5.91 Å². The van der Waals surface area contributed by atoms with Gasteiger partial charge >= 0.3 is 0 Å². The molecule has 0 radical (unpaired) electrons. The minimum absolute atomic E-state index is 0.189. The zero-order chi connectivity index (χ0) is 13.1. The number of carbonyl (C=O) groups excluding carboxylic acids is 1. The number of nitrogens with one attached hydrogen (secondary N) is 1. The van der Waals surface area contributed by atoms with E-state index in [0.717, 1.165) is 5.69 Å². The third-order valence-corrected chi connectivity index (χ3v) is 2.39. The van der Waals surface area contributed by atoms with Gasteiger partial charge in [-0.15, -0.1) is 0 Å². The molecule has 0 aliphatic heterocycles. The van der Waals surface area contributed by atoms with Crippen molar-refractivity contribution >= 4 is 17.6 Å². The van der Waals surface area contributed by atoms with Crippen LogP contribution in [0.5, 0.6) is 0 Å². The third-order valence-electron chi connectivity index (χ3n) is 2.39. The number of aromatic nitrogens is 2. The third kappa shape index (κ3) is 2.84. The number of aromatic amines is 1. The molecule has 1 amide bonds. The standard InChI is InChI=1S/C11H13N3O.C2H6/c1-11(2)4-3-8-9(14-6-13-8)7(5-11)10(12)15;1-2/h3-6H,1-2H3,(H2,12,15)(H,13,14);1-2H3. The lowest BCUT2D eigenvalue weighted by Crippen LogP contribution is -2.15. The molecular weight excluding hydrogens is 214 g/mol. The van der Waals surface area contributed by atoms with Gasteiger partial charge in [-0.05, 0) is 6.08 Å². The average Bonchev–Trinajstić information content (AvgIpc) is 2.69. The molecule has 1 heterocycles. The number of nitrogens with two attached hydrogens (primary N) is 1. The number of hydrogen-bond donors (Lipinski definition) is 2. The zero-order valence-corrected chi connectivity index (χ0v) is 10.7. The van der Waals surface area contributed by atoms with Gasteiger partial charge in [0, 0.05) is 5.41 Å². The molecule has 0 saturated heterocycles. The van der Waals surface area contributed by atoms with Gasteiger partial charge in [0.1, 0.15) is 5.69 Å². The van der Waals surface area contributed by atoms with Gasteiger partial charge in [0.25, 0.3) is 5.91 Å². The Balaban J connectivity index is 0.000000686. The Hall–Kier alpha value is -1.84. The summed E-state index contributed by atoms with van der Waals surface area (Å²) in [5, 5.41) is 0. The zero-order valence-electron chi connectivity index (χ0n) is 10.7. The van der Waals surface area contributed by atoms with Crippen LogP contribution in [0.25, 0.3) is 11.6 Å². The molecule has 1 aromatic rings. The van der Waals surface area contributed by atoms with Crippen LogP contribution in [-0.4, -0.2) is 15.9 Å². The van der Waals surface area contributed by atoms with Crippen molar-refractivity contribution in [3.8, 4) is 0 Å². The van der Waals surface area contributed by atoms with Crippen LogP contribution in [0.1, 0.15) is 39.1 Å². The summed E-state index contributed by atoms with van der Waals surface area (Å²) < 4.78 is 0. The number of allylic oxidation sites excluding steroid dienone is 2. The normalized spacial score (nSPS) is 16.1. The van der Waals surface area contributed by atoms with Gasteiger partial charge in [-0.1, -0.05) is 39.8 Å². The molecule has 0 unspecified atom stereocenters. The molecule has 1 aliphatic rings. The smallest absolute Gasteiger partial charge is 0.250 e. The second-order valence-electron chi connectivity index (χ2n) is 4.24. The summed E-state index contributed by atoms with van der Waals surface area (Å²) >= 11 is 0. The summed E-state index contributed by atoms with van der Waals surface area (Å²) in [5.41, 5.74) is 7.08. The van der Waals surface area contributed by atoms with E-state index >= 15 is 0 Å². The number of H-pyrrole nitrogens is 1. The summed E-state index contributed by atoms with van der Waals surface area (Å²) in [6, 6.07) is 0. The van der Waals surface area contributed by atoms with Crippen LogP contribution in [0.4, 0.5) is 0 Å². The van der Waals surface area contributed by atoms with Crippen molar-refractivity contribution in [1.82, 2.24) is 9.97 Å². The number of nitrogens with zero attached hydrogens (tertiary/aromatic N) is 1. The van der Waals surface area contributed by atoms with Crippen molar-refractivity contribution in [2.45, 2.75) is 27.7 Å². The van der Waals surface area contributed by atoms with Gasteiger partial charge in [-0.2, -0.15) is 0 Å². The fourth-order valence-electron chi connectivity index (χ4n) is 1.62. The van der Waals surface area contributed by atoms with Crippen LogP contribution in [0.2, 0.25) is 0 Å². The lowest BCUT2D eigenvalue weighted by molar-refractivity contribution is -0.112. The van der Waals surface area contributed by atoms with Crippen molar-refractivity contribution in [3.05, 3.63) is 29.9 Å². The maximum atomic E-state index is 11.3. The molecule has 2 rings (SSSR count). The highest BCUT2D eigenvalue weighted by Gasteiger charge is 2.22. The Morgan fingerprint density at radius 1 is 1.41 bits per heavy atom. The summed E-state index contributed by atoms with van der Waals surface area (Å²) in [7, 11) is 0. The number of rotatable bonds is 1.